The number of nitrogens with two attached hydrogens (primary N) is 1. The summed E-state index contributed by atoms with van der Waals surface area (Å²) in [5, 5.41) is 3.30. The van der Waals surface area contributed by atoms with Crippen LogP contribution in [0, 0.1) is 11.8 Å². The molecule has 2 aliphatic rings. The molecule has 1 aliphatic heterocycles. The maximum atomic E-state index is 12.5. The molecule has 24 heavy (non-hydrogen) atoms. The van der Waals surface area contributed by atoms with E-state index >= 15 is 0 Å². The Kier molecular flexibility index (Phi) is 6.27. The molecule has 0 radical (unpaired) electrons. The van der Waals surface area contributed by atoms with Crippen LogP contribution in [0.4, 0.5) is 0 Å². The molecule has 1 aliphatic carbocycles. The SMILES string of the molecule is NC[C@H]1CCC[C@H]1C(=O)NC1CCN(CCc2ccccc2)CC1. The lowest BCUT2D eigenvalue weighted by atomic mass is 9.94. The lowest BCUT2D eigenvalue weighted by molar-refractivity contribution is -0.127. The molecule has 1 amide bonds. The Morgan fingerprint density at radius 3 is 2.58 bits per heavy atom. The largest absolute Gasteiger partial charge is 0.353 e. The number of amides is 1. The lowest BCUT2D eigenvalue weighted by Gasteiger charge is -2.33. The Labute approximate surface area is 145 Å². The van der Waals surface area contributed by atoms with Crippen molar-refractivity contribution in [2.45, 2.75) is 44.6 Å². The third-order valence-electron chi connectivity index (χ3n) is 5.79. The highest BCUT2D eigenvalue weighted by molar-refractivity contribution is 5.79. The Hall–Kier alpha value is -1.39. The van der Waals surface area contributed by atoms with Gasteiger partial charge in [-0.2, -0.15) is 0 Å². The van der Waals surface area contributed by atoms with E-state index in [0.717, 1.165) is 58.2 Å². The van der Waals surface area contributed by atoms with E-state index < -0.39 is 0 Å². The fraction of sp³-hybridized carbons (Fsp3) is 0.650. The highest BCUT2D eigenvalue weighted by atomic mass is 16.2. The molecule has 0 bridgehead atoms. The summed E-state index contributed by atoms with van der Waals surface area (Å²) in [4.78, 5) is 15.0. The van der Waals surface area contributed by atoms with Crippen LogP contribution in [-0.4, -0.2) is 43.0 Å². The number of hydrogen-bond acceptors (Lipinski definition) is 3. The zero-order valence-electron chi connectivity index (χ0n) is 14.6. The zero-order valence-corrected chi connectivity index (χ0v) is 14.6. The zero-order chi connectivity index (χ0) is 16.8. The molecule has 0 spiro atoms. The number of nitrogens with zero attached hydrogens (tertiary/aromatic N) is 1. The summed E-state index contributed by atoms with van der Waals surface area (Å²) in [7, 11) is 0. The van der Waals surface area contributed by atoms with Crippen LogP contribution in [0.5, 0.6) is 0 Å². The van der Waals surface area contributed by atoms with Crippen molar-refractivity contribution >= 4 is 5.91 Å². The van der Waals surface area contributed by atoms with Crippen LogP contribution in [0.15, 0.2) is 30.3 Å². The number of rotatable bonds is 6. The topological polar surface area (TPSA) is 58.4 Å². The van der Waals surface area contributed by atoms with Crippen molar-refractivity contribution in [2.24, 2.45) is 17.6 Å². The second kappa shape index (κ2) is 8.63. The van der Waals surface area contributed by atoms with E-state index in [1.54, 1.807) is 0 Å². The van der Waals surface area contributed by atoms with Gasteiger partial charge in [0, 0.05) is 31.6 Å². The standard InChI is InChI=1S/C20H31N3O/c21-15-17-7-4-8-19(17)20(24)22-18-10-13-23(14-11-18)12-9-16-5-2-1-3-6-16/h1-3,5-6,17-19H,4,7-15,21H2,(H,22,24)/t17-,19-/m1/s1. The molecule has 0 aromatic heterocycles. The fourth-order valence-corrected chi connectivity index (χ4v) is 4.21. The van der Waals surface area contributed by atoms with Gasteiger partial charge in [-0.3, -0.25) is 4.79 Å². The van der Waals surface area contributed by atoms with Crippen LogP contribution in [-0.2, 0) is 11.2 Å². The average Bonchev–Trinajstić information content (AvgIpc) is 3.11. The molecule has 1 saturated carbocycles. The van der Waals surface area contributed by atoms with Crippen LogP contribution in [0.3, 0.4) is 0 Å². The normalized spacial score (nSPS) is 25.7. The summed E-state index contributed by atoms with van der Waals surface area (Å²) < 4.78 is 0. The summed E-state index contributed by atoms with van der Waals surface area (Å²) in [6, 6.07) is 11.0. The molecule has 2 fully saturated rings. The molecular formula is C20H31N3O. The first kappa shape index (κ1) is 17.4. The summed E-state index contributed by atoms with van der Waals surface area (Å²) in [5.41, 5.74) is 7.21. The Balaban J connectivity index is 1.38. The van der Waals surface area contributed by atoms with Gasteiger partial charge >= 0.3 is 0 Å². The van der Waals surface area contributed by atoms with E-state index in [-0.39, 0.29) is 11.8 Å². The fourth-order valence-electron chi connectivity index (χ4n) is 4.21. The van der Waals surface area contributed by atoms with Gasteiger partial charge in [-0.05, 0) is 50.1 Å². The number of carbonyl (C=O) groups excluding carboxylic acids is 1. The van der Waals surface area contributed by atoms with E-state index in [1.165, 1.54) is 5.56 Å². The Bertz CT molecular complexity index is 511. The predicted molar refractivity (Wildman–Crippen MR) is 97.6 cm³/mol. The van der Waals surface area contributed by atoms with Gasteiger partial charge in [0.25, 0.3) is 0 Å². The molecule has 132 valence electrons. The maximum absolute atomic E-state index is 12.5. The van der Waals surface area contributed by atoms with Gasteiger partial charge in [-0.1, -0.05) is 36.8 Å². The second-order valence-corrected chi connectivity index (χ2v) is 7.39. The van der Waals surface area contributed by atoms with Crippen LogP contribution in [0.1, 0.15) is 37.7 Å². The maximum Gasteiger partial charge on any atom is 0.223 e. The van der Waals surface area contributed by atoms with Crippen molar-refractivity contribution in [3.8, 4) is 0 Å². The first-order chi connectivity index (χ1) is 11.8. The van der Waals surface area contributed by atoms with Crippen LogP contribution >= 0.6 is 0 Å². The minimum atomic E-state index is 0.158. The molecule has 4 nitrogen and oxygen atoms in total. The number of carbonyl (C=O) groups is 1. The van der Waals surface area contributed by atoms with Gasteiger partial charge < -0.3 is 16.0 Å². The molecule has 3 N–H and O–H groups in total. The Morgan fingerprint density at radius 1 is 1.12 bits per heavy atom. The van der Waals surface area contributed by atoms with Crippen molar-refractivity contribution in [3.05, 3.63) is 35.9 Å². The summed E-state index contributed by atoms with van der Waals surface area (Å²) in [6.45, 7) is 3.93. The highest BCUT2D eigenvalue weighted by Gasteiger charge is 2.33. The summed E-state index contributed by atoms with van der Waals surface area (Å²) in [5.74, 6) is 0.813. The van der Waals surface area contributed by atoms with Gasteiger partial charge in [0.2, 0.25) is 5.91 Å². The van der Waals surface area contributed by atoms with Gasteiger partial charge in [0.05, 0.1) is 0 Å². The molecular weight excluding hydrogens is 298 g/mol. The average molecular weight is 329 g/mol. The highest BCUT2D eigenvalue weighted by Crippen LogP contribution is 2.31. The predicted octanol–water partition coefficient (Wildman–Crippen LogP) is 2.18. The number of piperidine rings is 1. The number of benzene rings is 1. The minimum absolute atomic E-state index is 0.158. The van der Waals surface area contributed by atoms with E-state index in [4.69, 9.17) is 5.73 Å². The number of likely N-dealkylation sites (tertiary alicyclic amines) is 1. The van der Waals surface area contributed by atoms with Crippen LogP contribution in [0.2, 0.25) is 0 Å². The van der Waals surface area contributed by atoms with E-state index in [1.807, 2.05) is 0 Å². The van der Waals surface area contributed by atoms with E-state index in [2.05, 4.69) is 40.5 Å². The molecule has 2 atom stereocenters. The van der Waals surface area contributed by atoms with E-state index in [0.29, 0.717) is 18.5 Å². The van der Waals surface area contributed by atoms with Crippen molar-refractivity contribution in [1.29, 1.82) is 0 Å². The first-order valence-electron chi connectivity index (χ1n) is 9.53. The second-order valence-electron chi connectivity index (χ2n) is 7.39. The molecule has 0 unspecified atom stereocenters. The van der Waals surface area contributed by atoms with Crippen molar-refractivity contribution in [1.82, 2.24) is 10.2 Å². The Morgan fingerprint density at radius 2 is 1.88 bits per heavy atom. The third kappa shape index (κ3) is 4.58. The lowest BCUT2D eigenvalue weighted by Crippen LogP contribution is -2.47. The minimum Gasteiger partial charge on any atom is -0.353 e. The summed E-state index contributed by atoms with van der Waals surface area (Å²) in [6.07, 6.45) is 6.53. The quantitative estimate of drug-likeness (QED) is 0.841. The molecule has 1 heterocycles. The van der Waals surface area contributed by atoms with Crippen molar-refractivity contribution < 1.29 is 4.79 Å². The van der Waals surface area contributed by atoms with E-state index in [9.17, 15) is 4.79 Å². The third-order valence-corrected chi connectivity index (χ3v) is 5.79. The van der Waals surface area contributed by atoms with Gasteiger partial charge in [0.1, 0.15) is 0 Å². The molecule has 3 rings (SSSR count). The van der Waals surface area contributed by atoms with Gasteiger partial charge in [-0.25, -0.2) is 0 Å². The van der Waals surface area contributed by atoms with Crippen LogP contribution < -0.4 is 11.1 Å². The first-order valence-corrected chi connectivity index (χ1v) is 9.53. The van der Waals surface area contributed by atoms with Crippen molar-refractivity contribution in [3.63, 3.8) is 0 Å². The monoisotopic (exact) mass is 329 g/mol. The molecule has 1 aromatic carbocycles. The summed E-state index contributed by atoms with van der Waals surface area (Å²) >= 11 is 0. The molecule has 1 aromatic rings. The van der Waals surface area contributed by atoms with Gasteiger partial charge in [-0.15, -0.1) is 0 Å². The van der Waals surface area contributed by atoms with Crippen molar-refractivity contribution in [2.75, 3.05) is 26.2 Å². The van der Waals surface area contributed by atoms with Gasteiger partial charge in [0.15, 0.2) is 0 Å². The molecule has 1 saturated heterocycles. The van der Waals surface area contributed by atoms with Crippen LogP contribution in [0.25, 0.3) is 0 Å². The smallest absolute Gasteiger partial charge is 0.223 e. The number of nitrogens with one attached hydrogen (secondary N) is 1. The molecule has 4 heteroatoms. The number of hydrogen-bond donors (Lipinski definition) is 2.